The van der Waals surface area contributed by atoms with Crippen molar-refractivity contribution in [2.75, 3.05) is 13.2 Å². The first-order chi connectivity index (χ1) is 4.31. The lowest BCUT2D eigenvalue weighted by atomic mass is 10.4. The first-order valence-corrected chi connectivity index (χ1v) is 2.77. The van der Waals surface area contributed by atoms with Crippen molar-refractivity contribution in [1.29, 1.82) is 0 Å². The minimum absolute atomic E-state index is 0.442. The molecule has 3 heteroatoms. The molecule has 0 aromatic rings. The van der Waals surface area contributed by atoms with Gasteiger partial charge in [-0.05, 0) is 6.92 Å². The number of nitrogens with zero attached hydrogens (tertiary/aromatic N) is 1. The Bertz CT molecular complexity index is 110. The molecule has 0 amide bonds. The van der Waals surface area contributed by atoms with Gasteiger partial charge in [-0.25, -0.2) is 0 Å². The molecular weight excluding hydrogens is 116 g/mol. The Kier molecular flexibility index (Phi) is 4.82. The number of oxime groups is 1. The largest absolute Gasteiger partial charge is 0.392 e. The first-order valence-electron chi connectivity index (χ1n) is 2.77. The predicted octanol–water partition coefficient (Wildman–Crippen LogP) is 0.524. The lowest BCUT2D eigenvalue weighted by Crippen LogP contribution is -2.09. The van der Waals surface area contributed by atoms with Gasteiger partial charge < -0.3 is 10.6 Å². The SMILES string of the molecule is C=CCO/N=C(\C)CN. The summed E-state index contributed by atoms with van der Waals surface area (Å²) in [4.78, 5) is 4.73. The van der Waals surface area contributed by atoms with Crippen molar-refractivity contribution in [3.05, 3.63) is 12.7 Å². The normalized spacial score (nSPS) is 11.1. The molecule has 0 aromatic heterocycles. The lowest BCUT2D eigenvalue weighted by Gasteiger charge is -1.94. The van der Waals surface area contributed by atoms with Crippen molar-refractivity contribution in [2.45, 2.75) is 6.92 Å². The zero-order chi connectivity index (χ0) is 7.11. The van der Waals surface area contributed by atoms with E-state index in [2.05, 4.69) is 11.7 Å². The van der Waals surface area contributed by atoms with Crippen LogP contribution in [0.15, 0.2) is 17.8 Å². The van der Waals surface area contributed by atoms with E-state index in [1.54, 1.807) is 6.08 Å². The molecule has 0 rings (SSSR count). The molecule has 0 bridgehead atoms. The molecule has 0 unspecified atom stereocenters. The molecule has 0 radical (unpaired) electrons. The summed E-state index contributed by atoms with van der Waals surface area (Å²) in [7, 11) is 0. The number of hydrogen-bond donors (Lipinski definition) is 1. The first kappa shape index (κ1) is 8.17. The summed E-state index contributed by atoms with van der Waals surface area (Å²) in [5.74, 6) is 0. The third kappa shape index (κ3) is 5.03. The molecule has 0 heterocycles. The highest BCUT2D eigenvalue weighted by atomic mass is 16.6. The number of rotatable bonds is 4. The van der Waals surface area contributed by atoms with E-state index in [0.717, 1.165) is 5.71 Å². The average Bonchev–Trinajstić information content (AvgIpc) is 1.89. The molecule has 0 fully saturated rings. The van der Waals surface area contributed by atoms with Crippen LogP contribution in [-0.4, -0.2) is 18.9 Å². The minimum Gasteiger partial charge on any atom is -0.392 e. The summed E-state index contributed by atoms with van der Waals surface area (Å²) in [5, 5.41) is 3.65. The third-order valence-electron chi connectivity index (χ3n) is 0.708. The molecule has 0 atom stereocenters. The van der Waals surface area contributed by atoms with Gasteiger partial charge in [0.25, 0.3) is 0 Å². The summed E-state index contributed by atoms with van der Waals surface area (Å²) < 4.78 is 0. The van der Waals surface area contributed by atoms with Gasteiger partial charge in [0.05, 0.1) is 5.71 Å². The molecule has 0 saturated carbocycles. The van der Waals surface area contributed by atoms with E-state index in [1.165, 1.54) is 0 Å². The zero-order valence-electron chi connectivity index (χ0n) is 5.63. The maximum Gasteiger partial charge on any atom is 0.135 e. The van der Waals surface area contributed by atoms with Gasteiger partial charge in [0.2, 0.25) is 0 Å². The van der Waals surface area contributed by atoms with E-state index in [4.69, 9.17) is 10.6 Å². The topological polar surface area (TPSA) is 47.6 Å². The molecule has 0 aromatic carbocycles. The van der Waals surface area contributed by atoms with Crippen molar-refractivity contribution < 1.29 is 4.84 Å². The second kappa shape index (κ2) is 5.31. The highest BCUT2D eigenvalue weighted by molar-refractivity contribution is 5.83. The monoisotopic (exact) mass is 128 g/mol. The zero-order valence-corrected chi connectivity index (χ0v) is 5.63. The van der Waals surface area contributed by atoms with Crippen molar-refractivity contribution in [2.24, 2.45) is 10.9 Å². The van der Waals surface area contributed by atoms with Crippen LogP contribution < -0.4 is 5.73 Å². The van der Waals surface area contributed by atoms with E-state index >= 15 is 0 Å². The molecule has 0 saturated heterocycles. The van der Waals surface area contributed by atoms with Gasteiger partial charge in [0.15, 0.2) is 0 Å². The third-order valence-corrected chi connectivity index (χ3v) is 0.708. The Hall–Kier alpha value is -0.830. The molecular formula is C6H12N2O. The summed E-state index contributed by atoms with van der Waals surface area (Å²) in [5.41, 5.74) is 6.01. The summed E-state index contributed by atoms with van der Waals surface area (Å²) in [6, 6.07) is 0. The van der Waals surface area contributed by atoms with E-state index in [1.807, 2.05) is 6.92 Å². The molecule has 0 aliphatic heterocycles. The van der Waals surface area contributed by atoms with Crippen molar-refractivity contribution in [3.63, 3.8) is 0 Å². The lowest BCUT2D eigenvalue weighted by molar-refractivity contribution is 0.174. The van der Waals surface area contributed by atoms with Gasteiger partial charge in [-0.2, -0.15) is 0 Å². The quantitative estimate of drug-likeness (QED) is 0.260. The second-order valence-corrected chi connectivity index (χ2v) is 1.62. The Morgan fingerprint density at radius 1 is 1.89 bits per heavy atom. The smallest absolute Gasteiger partial charge is 0.135 e. The molecule has 2 N–H and O–H groups in total. The van der Waals surface area contributed by atoms with Gasteiger partial charge >= 0.3 is 0 Å². The van der Waals surface area contributed by atoms with E-state index in [0.29, 0.717) is 13.2 Å². The number of nitrogens with two attached hydrogens (primary N) is 1. The van der Waals surface area contributed by atoms with Gasteiger partial charge in [-0.3, -0.25) is 0 Å². The fourth-order valence-electron chi connectivity index (χ4n) is 0.237. The standard InChI is InChI=1S/C6H12N2O/c1-3-4-9-8-6(2)5-7/h3H,1,4-5,7H2,2H3/b8-6+. The van der Waals surface area contributed by atoms with E-state index in [-0.39, 0.29) is 0 Å². The predicted molar refractivity (Wildman–Crippen MR) is 38.3 cm³/mol. The Labute approximate surface area is 55.2 Å². The average molecular weight is 128 g/mol. The minimum atomic E-state index is 0.442. The van der Waals surface area contributed by atoms with Crippen LogP contribution in [0.2, 0.25) is 0 Å². The van der Waals surface area contributed by atoms with Crippen LogP contribution in [-0.2, 0) is 4.84 Å². The van der Waals surface area contributed by atoms with Gasteiger partial charge in [0, 0.05) is 6.54 Å². The second-order valence-electron chi connectivity index (χ2n) is 1.62. The summed E-state index contributed by atoms with van der Waals surface area (Å²) in [6.07, 6.45) is 1.63. The fourth-order valence-corrected chi connectivity index (χ4v) is 0.237. The van der Waals surface area contributed by atoms with Gasteiger partial charge in [0.1, 0.15) is 6.61 Å². The van der Waals surface area contributed by atoms with Crippen LogP contribution in [0.25, 0.3) is 0 Å². The summed E-state index contributed by atoms with van der Waals surface area (Å²) >= 11 is 0. The van der Waals surface area contributed by atoms with Crippen molar-refractivity contribution >= 4 is 5.71 Å². The van der Waals surface area contributed by atoms with Gasteiger partial charge in [-0.1, -0.05) is 17.8 Å². The Morgan fingerprint density at radius 2 is 2.56 bits per heavy atom. The van der Waals surface area contributed by atoms with Crippen LogP contribution in [0.1, 0.15) is 6.92 Å². The maximum absolute atomic E-state index is 5.22. The van der Waals surface area contributed by atoms with Crippen molar-refractivity contribution in [3.8, 4) is 0 Å². The number of hydrogen-bond acceptors (Lipinski definition) is 3. The Morgan fingerprint density at radius 3 is 3.00 bits per heavy atom. The molecule has 0 spiro atoms. The summed E-state index contributed by atoms with van der Waals surface area (Å²) in [6.45, 7) is 6.15. The van der Waals surface area contributed by atoms with Crippen LogP contribution in [0.4, 0.5) is 0 Å². The van der Waals surface area contributed by atoms with Gasteiger partial charge in [-0.15, -0.1) is 0 Å². The molecule has 52 valence electrons. The fraction of sp³-hybridized carbons (Fsp3) is 0.500. The van der Waals surface area contributed by atoms with Crippen LogP contribution in [0.3, 0.4) is 0 Å². The highest BCUT2D eigenvalue weighted by Gasteiger charge is 1.82. The molecule has 0 aliphatic rings. The Balaban J connectivity index is 3.31. The van der Waals surface area contributed by atoms with Crippen LogP contribution >= 0.6 is 0 Å². The molecule has 3 nitrogen and oxygen atoms in total. The highest BCUT2D eigenvalue weighted by Crippen LogP contribution is 1.78. The maximum atomic E-state index is 5.22. The molecule has 9 heavy (non-hydrogen) atoms. The van der Waals surface area contributed by atoms with E-state index in [9.17, 15) is 0 Å². The van der Waals surface area contributed by atoms with Crippen LogP contribution in [0, 0.1) is 0 Å². The van der Waals surface area contributed by atoms with Crippen molar-refractivity contribution in [1.82, 2.24) is 0 Å². The van der Waals surface area contributed by atoms with Crippen LogP contribution in [0.5, 0.6) is 0 Å². The van der Waals surface area contributed by atoms with E-state index < -0.39 is 0 Å². The molecule has 0 aliphatic carbocycles.